The van der Waals surface area contributed by atoms with Gasteiger partial charge in [0.15, 0.2) is 5.78 Å². The molecule has 1 heterocycles. The number of carbonyl (C=O) groups is 1. The summed E-state index contributed by atoms with van der Waals surface area (Å²) in [4.78, 5) is 12.4. The maximum atomic E-state index is 12.9. The largest absolute Gasteiger partial charge is 0.469 e. The molecule has 17 heavy (non-hydrogen) atoms. The summed E-state index contributed by atoms with van der Waals surface area (Å²) < 4.78 is 18.0. The fourth-order valence-electron chi connectivity index (χ4n) is 1.38. The van der Waals surface area contributed by atoms with Crippen LogP contribution in [0.1, 0.15) is 5.76 Å². The number of benzene rings is 1. The zero-order valence-electron chi connectivity index (χ0n) is 9.06. The van der Waals surface area contributed by atoms with Crippen LogP contribution in [0.3, 0.4) is 0 Å². The molecule has 0 radical (unpaired) electrons. The molecule has 0 aliphatic heterocycles. The average Bonchev–Trinajstić information content (AvgIpc) is 2.79. The number of furan rings is 1. The summed E-state index contributed by atoms with van der Waals surface area (Å²) in [5.41, 5.74) is 0. The summed E-state index contributed by atoms with van der Waals surface area (Å²) in [6.45, 7) is 0. The predicted octanol–water partition coefficient (Wildman–Crippen LogP) is 3.32. The van der Waals surface area contributed by atoms with Crippen LogP contribution in [0.15, 0.2) is 52.0 Å². The molecule has 0 aliphatic rings. The van der Waals surface area contributed by atoms with Crippen LogP contribution >= 0.6 is 11.8 Å². The van der Waals surface area contributed by atoms with Crippen molar-refractivity contribution in [1.29, 1.82) is 0 Å². The standard InChI is InChI=1S/C13H11FO2S/c14-10-3-1-5-13(7-10)17-9-11(15)8-12-4-2-6-16-12/h1-7H,8-9H2. The Morgan fingerprint density at radius 2 is 2.18 bits per heavy atom. The number of ketones is 1. The molecule has 0 spiro atoms. The minimum atomic E-state index is -0.284. The molecule has 0 atom stereocenters. The van der Waals surface area contributed by atoms with E-state index in [0.717, 1.165) is 4.90 Å². The predicted molar refractivity (Wildman–Crippen MR) is 64.5 cm³/mol. The quantitative estimate of drug-likeness (QED) is 0.762. The monoisotopic (exact) mass is 250 g/mol. The molecule has 4 heteroatoms. The molecule has 0 unspecified atom stereocenters. The summed E-state index contributed by atoms with van der Waals surface area (Å²) in [5.74, 6) is 0.766. The molecular weight excluding hydrogens is 239 g/mol. The average molecular weight is 250 g/mol. The molecule has 88 valence electrons. The summed E-state index contributed by atoms with van der Waals surface area (Å²) in [6.07, 6.45) is 1.83. The second-order valence-corrected chi connectivity index (χ2v) is 4.59. The normalized spacial score (nSPS) is 10.4. The molecule has 0 saturated heterocycles. The smallest absolute Gasteiger partial charge is 0.150 e. The van der Waals surface area contributed by atoms with Gasteiger partial charge in [-0.05, 0) is 30.3 Å². The van der Waals surface area contributed by atoms with Gasteiger partial charge in [0.2, 0.25) is 0 Å². The lowest BCUT2D eigenvalue weighted by atomic mass is 10.2. The molecule has 2 nitrogen and oxygen atoms in total. The lowest BCUT2D eigenvalue weighted by Gasteiger charge is -2.00. The van der Waals surface area contributed by atoms with E-state index in [0.29, 0.717) is 11.5 Å². The molecule has 2 aromatic rings. The highest BCUT2D eigenvalue weighted by Crippen LogP contribution is 2.19. The van der Waals surface area contributed by atoms with E-state index in [4.69, 9.17) is 4.42 Å². The number of rotatable bonds is 5. The van der Waals surface area contributed by atoms with E-state index in [-0.39, 0.29) is 18.0 Å². The van der Waals surface area contributed by atoms with Crippen LogP contribution in [0.5, 0.6) is 0 Å². The molecular formula is C13H11FO2S. The zero-order chi connectivity index (χ0) is 12.1. The summed E-state index contributed by atoms with van der Waals surface area (Å²) >= 11 is 1.33. The third-order valence-corrected chi connectivity index (χ3v) is 3.20. The van der Waals surface area contributed by atoms with Gasteiger partial charge in [0.05, 0.1) is 18.4 Å². The molecule has 1 aromatic heterocycles. The summed E-state index contributed by atoms with van der Waals surface area (Å²) in [6, 6.07) is 9.75. The molecule has 0 amide bonds. The lowest BCUT2D eigenvalue weighted by Crippen LogP contribution is -2.04. The van der Waals surface area contributed by atoms with Crippen molar-refractivity contribution in [2.24, 2.45) is 0 Å². The van der Waals surface area contributed by atoms with Gasteiger partial charge < -0.3 is 4.42 Å². The van der Waals surface area contributed by atoms with Crippen molar-refractivity contribution in [3.63, 3.8) is 0 Å². The van der Waals surface area contributed by atoms with Gasteiger partial charge in [-0.2, -0.15) is 0 Å². The fourth-order valence-corrected chi connectivity index (χ4v) is 2.18. The van der Waals surface area contributed by atoms with Gasteiger partial charge in [0.1, 0.15) is 11.6 Å². The third kappa shape index (κ3) is 3.75. The molecule has 0 aliphatic carbocycles. The van der Waals surface area contributed by atoms with Crippen LogP contribution in [-0.2, 0) is 11.2 Å². The first-order valence-corrected chi connectivity index (χ1v) is 6.15. The number of Topliss-reactive ketones (excluding diaryl/α,β-unsaturated/α-hetero) is 1. The maximum absolute atomic E-state index is 12.9. The first kappa shape index (κ1) is 11.9. The van der Waals surface area contributed by atoms with E-state index in [1.807, 2.05) is 0 Å². The molecule has 2 rings (SSSR count). The Kier molecular flexibility index (Phi) is 3.98. The summed E-state index contributed by atoms with van der Waals surface area (Å²) in [7, 11) is 0. The van der Waals surface area contributed by atoms with Crippen molar-refractivity contribution in [1.82, 2.24) is 0 Å². The lowest BCUT2D eigenvalue weighted by molar-refractivity contribution is -0.116. The van der Waals surface area contributed by atoms with Crippen LogP contribution in [0, 0.1) is 5.82 Å². The minimum Gasteiger partial charge on any atom is -0.469 e. The van der Waals surface area contributed by atoms with Crippen LogP contribution in [0.2, 0.25) is 0 Å². The Labute approximate surface area is 103 Å². The molecule has 0 bridgehead atoms. The van der Waals surface area contributed by atoms with E-state index < -0.39 is 0 Å². The van der Waals surface area contributed by atoms with Crippen molar-refractivity contribution in [3.05, 3.63) is 54.2 Å². The summed E-state index contributed by atoms with van der Waals surface area (Å²) in [5, 5.41) is 0. The highest BCUT2D eigenvalue weighted by Gasteiger charge is 2.07. The second kappa shape index (κ2) is 5.68. The second-order valence-electron chi connectivity index (χ2n) is 3.54. The van der Waals surface area contributed by atoms with Gasteiger partial charge in [-0.15, -0.1) is 11.8 Å². The minimum absolute atomic E-state index is 0.0641. The van der Waals surface area contributed by atoms with Crippen molar-refractivity contribution < 1.29 is 13.6 Å². The van der Waals surface area contributed by atoms with Crippen LogP contribution in [-0.4, -0.2) is 11.5 Å². The Balaban J connectivity index is 1.84. The van der Waals surface area contributed by atoms with Gasteiger partial charge in [0.25, 0.3) is 0 Å². The van der Waals surface area contributed by atoms with Crippen LogP contribution in [0.4, 0.5) is 4.39 Å². The van der Waals surface area contributed by atoms with E-state index in [1.54, 1.807) is 30.5 Å². The number of halogens is 1. The van der Waals surface area contributed by atoms with Gasteiger partial charge in [-0.3, -0.25) is 4.79 Å². The Morgan fingerprint density at radius 3 is 2.88 bits per heavy atom. The highest BCUT2D eigenvalue weighted by atomic mass is 32.2. The van der Waals surface area contributed by atoms with Gasteiger partial charge in [-0.25, -0.2) is 4.39 Å². The zero-order valence-corrected chi connectivity index (χ0v) is 9.87. The number of hydrogen-bond acceptors (Lipinski definition) is 3. The molecule has 0 N–H and O–H groups in total. The SMILES string of the molecule is O=C(CSc1cccc(F)c1)Cc1ccco1. The van der Waals surface area contributed by atoms with Gasteiger partial charge >= 0.3 is 0 Å². The van der Waals surface area contributed by atoms with E-state index in [1.165, 1.54) is 23.9 Å². The van der Waals surface area contributed by atoms with Crippen LogP contribution in [0.25, 0.3) is 0 Å². The van der Waals surface area contributed by atoms with Crippen molar-refractivity contribution in [2.45, 2.75) is 11.3 Å². The molecule has 1 aromatic carbocycles. The van der Waals surface area contributed by atoms with E-state index in [9.17, 15) is 9.18 Å². The van der Waals surface area contributed by atoms with E-state index in [2.05, 4.69) is 0 Å². The Bertz CT molecular complexity index is 494. The number of hydrogen-bond donors (Lipinski definition) is 0. The number of thioether (sulfide) groups is 1. The third-order valence-electron chi connectivity index (χ3n) is 2.15. The maximum Gasteiger partial charge on any atom is 0.150 e. The highest BCUT2D eigenvalue weighted by molar-refractivity contribution is 8.00. The van der Waals surface area contributed by atoms with Gasteiger partial charge in [0, 0.05) is 4.90 Å². The topological polar surface area (TPSA) is 30.2 Å². The van der Waals surface area contributed by atoms with Gasteiger partial charge in [-0.1, -0.05) is 6.07 Å². The molecule has 0 saturated carbocycles. The first-order valence-electron chi connectivity index (χ1n) is 5.16. The van der Waals surface area contributed by atoms with E-state index >= 15 is 0 Å². The fraction of sp³-hybridized carbons (Fsp3) is 0.154. The first-order chi connectivity index (χ1) is 8.24. The van der Waals surface area contributed by atoms with Crippen LogP contribution < -0.4 is 0 Å². The molecule has 0 fully saturated rings. The van der Waals surface area contributed by atoms with Crippen molar-refractivity contribution >= 4 is 17.5 Å². The Hall–Kier alpha value is -1.55. The van der Waals surface area contributed by atoms with Crippen molar-refractivity contribution in [2.75, 3.05) is 5.75 Å². The number of carbonyl (C=O) groups excluding carboxylic acids is 1. The Morgan fingerprint density at radius 1 is 1.29 bits per heavy atom. The van der Waals surface area contributed by atoms with Crippen molar-refractivity contribution in [3.8, 4) is 0 Å².